The Labute approximate surface area is 114 Å². The molecule has 3 heteroatoms. The molecule has 1 aliphatic rings. The van der Waals surface area contributed by atoms with Crippen LogP contribution in [0.25, 0.3) is 0 Å². The molecule has 0 aromatic heterocycles. The lowest BCUT2D eigenvalue weighted by Crippen LogP contribution is -2.35. The first kappa shape index (κ1) is 13.6. The monoisotopic (exact) mass is 257 g/mol. The molecule has 0 unspecified atom stereocenters. The lowest BCUT2D eigenvalue weighted by Gasteiger charge is -2.27. The van der Waals surface area contributed by atoms with Gasteiger partial charge in [0.1, 0.15) is 0 Å². The molecule has 0 atom stereocenters. The van der Waals surface area contributed by atoms with Crippen LogP contribution < -0.4 is 0 Å². The summed E-state index contributed by atoms with van der Waals surface area (Å²) in [5.41, 5.74) is 1.43. The van der Waals surface area contributed by atoms with Gasteiger partial charge in [0, 0.05) is 25.1 Å². The van der Waals surface area contributed by atoms with Crippen molar-refractivity contribution in [1.29, 1.82) is 0 Å². The number of amides is 1. The number of piperidine rings is 1. The first-order valence-electron chi connectivity index (χ1n) is 6.81. The number of benzene rings is 1. The number of likely N-dealkylation sites (tertiary alicyclic amines) is 1. The summed E-state index contributed by atoms with van der Waals surface area (Å²) in [6.45, 7) is 1.74. The summed E-state index contributed by atoms with van der Waals surface area (Å²) in [5.74, 6) is 5.93. The van der Waals surface area contributed by atoms with Gasteiger partial charge in [-0.25, -0.2) is 0 Å². The molecule has 0 bridgehead atoms. The number of aliphatic hydroxyl groups excluding tert-OH is 1. The summed E-state index contributed by atoms with van der Waals surface area (Å²) < 4.78 is 0. The van der Waals surface area contributed by atoms with E-state index < -0.39 is 0 Å². The standard InChI is InChI=1S/C16H19NO2/c18-13-7-4-9-14-8-2-3-10-15(14)16(19)17-11-5-1-6-12-17/h2-3,8,10,18H,1,5-7,11-13H2. The highest BCUT2D eigenvalue weighted by Crippen LogP contribution is 2.15. The van der Waals surface area contributed by atoms with E-state index in [1.807, 2.05) is 29.2 Å². The molecule has 1 aromatic rings. The lowest BCUT2D eigenvalue weighted by molar-refractivity contribution is 0.0724. The van der Waals surface area contributed by atoms with Crippen molar-refractivity contribution in [2.45, 2.75) is 25.7 Å². The van der Waals surface area contributed by atoms with Crippen LogP contribution in [0.5, 0.6) is 0 Å². The fraction of sp³-hybridized carbons (Fsp3) is 0.438. The predicted octanol–water partition coefficient (Wildman–Crippen LogP) is 2.05. The van der Waals surface area contributed by atoms with Gasteiger partial charge >= 0.3 is 0 Å². The van der Waals surface area contributed by atoms with Crippen LogP contribution in [0.15, 0.2) is 24.3 Å². The van der Waals surface area contributed by atoms with Crippen LogP contribution in [0.2, 0.25) is 0 Å². The van der Waals surface area contributed by atoms with E-state index in [0.29, 0.717) is 12.0 Å². The Bertz CT molecular complexity index is 493. The molecule has 1 N–H and O–H groups in total. The molecule has 19 heavy (non-hydrogen) atoms. The van der Waals surface area contributed by atoms with Crippen LogP contribution in [0.4, 0.5) is 0 Å². The molecular weight excluding hydrogens is 238 g/mol. The molecule has 3 nitrogen and oxygen atoms in total. The van der Waals surface area contributed by atoms with Crippen molar-refractivity contribution in [3.05, 3.63) is 35.4 Å². The Morgan fingerprint density at radius 2 is 1.95 bits per heavy atom. The van der Waals surface area contributed by atoms with Crippen molar-refractivity contribution in [3.8, 4) is 11.8 Å². The van der Waals surface area contributed by atoms with Crippen molar-refractivity contribution in [2.24, 2.45) is 0 Å². The second kappa shape index (κ2) is 6.96. The zero-order valence-electron chi connectivity index (χ0n) is 11.1. The minimum absolute atomic E-state index is 0.0508. The topological polar surface area (TPSA) is 40.5 Å². The molecule has 0 saturated carbocycles. The molecule has 0 radical (unpaired) electrons. The highest BCUT2D eigenvalue weighted by Gasteiger charge is 2.19. The molecule has 0 aliphatic carbocycles. The van der Waals surface area contributed by atoms with Gasteiger partial charge in [-0.3, -0.25) is 4.79 Å². The SMILES string of the molecule is O=C(c1ccccc1C#CCCO)N1CCCCC1. The highest BCUT2D eigenvalue weighted by molar-refractivity contribution is 5.96. The number of hydrogen-bond donors (Lipinski definition) is 1. The fourth-order valence-electron chi connectivity index (χ4n) is 2.26. The van der Waals surface area contributed by atoms with Crippen molar-refractivity contribution in [1.82, 2.24) is 4.90 Å². The van der Waals surface area contributed by atoms with Gasteiger partial charge in [0.05, 0.1) is 12.2 Å². The van der Waals surface area contributed by atoms with Gasteiger partial charge in [-0.15, -0.1) is 0 Å². The third-order valence-electron chi connectivity index (χ3n) is 3.26. The van der Waals surface area contributed by atoms with Crippen LogP contribution in [0, 0.1) is 11.8 Å². The number of carbonyl (C=O) groups excluding carboxylic acids is 1. The van der Waals surface area contributed by atoms with Crippen molar-refractivity contribution < 1.29 is 9.90 Å². The highest BCUT2D eigenvalue weighted by atomic mass is 16.2. The maximum absolute atomic E-state index is 12.5. The summed E-state index contributed by atoms with van der Waals surface area (Å²) in [4.78, 5) is 14.4. The molecule has 1 saturated heterocycles. The van der Waals surface area contributed by atoms with Gasteiger partial charge in [0.15, 0.2) is 0 Å². The normalized spacial score (nSPS) is 14.7. The van der Waals surface area contributed by atoms with Gasteiger partial charge in [-0.2, -0.15) is 0 Å². The van der Waals surface area contributed by atoms with E-state index in [4.69, 9.17) is 5.11 Å². The third kappa shape index (κ3) is 3.59. The van der Waals surface area contributed by atoms with E-state index in [-0.39, 0.29) is 12.5 Å². The maximum atomic E-state index is 12.5. The molecule has 1 fully saturated rings. The van der Waals surface area contributed by atoms with E-state index in [1.54, 1.807) is 0 Å². The Morgan fingerprint density at radius 3 is 2.68 bits per heavy atom. The number of rotatable bonds is 2. The number of carbonyl (C=O) groups is 1. The number of nitrogens with zero attached hydrogens (tertiary/aromatic N) is 1. The summed E-state index contributed by atoms with van der Waals surface area (Å²) in [6.07, 6.45) is 3.82. The number of hydrogen-bond acceptors (Lipinski definition) is 2. The largest absolute Gasteiger partial charge is 0.395 e. The smallest absolute Gasteiger partial charge is 0.255 e. The van der Waals surface area contributed by atoms with Crippen molar-refractivity contribution in [2.75, 3.05) is 19.7 Å². The Morgan fingerprint density at radius 1 is 1.21 bits per heavy atom. The zero-order chi connectivity index (χ0) is 13.5. The number of aliphatic hydroxyl groups is 1. The predicted molar refractivity (Wildman–Crippen MR) is 74.8 cm³/mol. The first-order chi connectivity index (χ1) is 9.33. The van der Waals surface area contributed by atoms with Crippen LogP contribution in [-0.2, 0) is 0 Å². The van der Waals surface area contributed by atoms with Crippen molar-refractivity contribution in [3.63, 3.8) is 0 Å². The summed E-state index contributed by atoms with van der Waals surface area (Å²) in [7, 11) is 0. The molecule has 2 rings (SSSR count). The first-order valence-corrected chi connectivity index (χ1v) is 6.81. The molecule has 1 aromatic carbocycles. The van der Waals surface area contributed by atoms with Gasteiger partial charge < -0.3 is 10.0 Å². The Hall–Kier alpha value is -1.79. The molecule has 100 valence electrons. The Balaban J connectivity index is 2.19. The lowest BCUT2D eigenvalue weighted by atomic mass is 10.0. The van der Waals surface area contributed by atoms with Crippen LogP contribution in [-0.4, -0.2) is 35.6 Å². The Kier molecular flexibility index (Phi) is 5.00. The minimum atomic E-state index is 0.0508. The molecule has 0 spiro atoms. The molecular formula is C16H19NO2. The van der Waals surface area contributed by atoms with E-state index in [0.717, 1.165) is 31.5 Å². The second-order valence-corrected chi connectivity index (χ2v) is 4.67. The molecule has 1 aliphatic heterocycles. The van der Waals surface area contributed by atoms with Gasteiger partial charge in [0.2, 0.25) is 0 Å². The van der Waals surface area contributed by atoms with Crippen molar-refractivity contribution >= 4 is 5.91 Å². The minimum Gasteiger partial charge on any atom is -0.395 e. The molecule has 1 heterocycles. The van der Waals surface area contributed by atoms with Gasteiger partial charge in [0.25, 0.3) is 5.91 Å². The fourth-order valence-corrected chi connectivity index (χ4v) is 2.26. The maximum Gasteiger partial charge on any atom is 0.255 e. The van der Waals surface area contributed by atoms with E-state index in [1.165, 1.54) is 6.42 Å². The van der Waals surface area contributed by atoms with Crippen LogP contribution in [0.3, 0.4) is 0 Å². The van der Waals surface area contributed by atoms with Gasteiger partial charge in [-0.05, 0) is 31.4 Å². The summed E-state index contributed by atoms with van der Waals surface area (Å²) >= 11 is 0. The summed E-state index contributed by atoms with van der Waals surface area (Å²) in [5, 5.41) is 8.75. The zero-order valence-corrected chi connectivity index (χ0v) is 11.1. The van der Waals surface area contributed by atoms with E-state index >= 15 is 0 Å². The van der Waals surface area contributed by atoms with Gasteiger partial charge in [-0.1, -0.05) is 24.0 Å². The third-order valence-corrected chi connectivity index (χ3v) is 3.26. The average Bonchev–Trinajstić information content (AvgIpc) is 2.48. The average molecular weight is 257 g/mol. The van der Waals surface area contributed by atoms with Crippen LogP contribution >= 0.6 is 0 Å². The quantitative estimate of drug-likeness (QED) is 0.824. The van der Waals surface area contributed by atoms with E-state index in [2.05, 4.69) is 11.8 Å². The van der Waals surface area contributed by atoms with Crippen LogP contribution in [0.1, 0.15) is 41.6 Å². The van der Waals surface area contributed by atoms with E-state index in [9.17, 15) is 4.79 Å². The second-order valence-electron chi connectivity index (χ2n) is 4.67. The molecule has 1 amide bonds. The summed E-state index contributed by atoms with van der Waals surface area (Å²) in [6, 6.07) is 7.45.